The van der Waals surface area contributed by atoms with Crippen LogP contribution in [-0.2, 0) is 4.74 Å². The zero-order chi connectivity index (χ0) is 12.7. The predicted octanol–water partition coefficient (Wildman–Crippen LogP) is 1.92. The summed E-state index contributed by atoms with van der Waals surface area (Å²) >= 11 is 0. The molecule has 5 heteroatoms. The van der Waals surface area contributed by atoms with Gasteiger partial charge in [-0.1, -0.05) is 13.8 Å². The second-order valence-electron chi connectivity index (χ2n) is 5.55. The van der Waals surface area contributed by atoms with Crippen LogP contribution in [0, 0.1) is 0 Å². The van der Waals surface area contributed by atoms with Crippen molar-refractivity contribution in [2.75, 3.05) is 5.43 Å². The summed E-state index contributed by atoms with van der Waals surface area (Å²) in [6.07, 6.45) is 4.10. The molecule has 3 rings (SSSR count). The third kappa shape index (κ3) is 1.97. The van der Waals surface area contributed by atoms with Crippen LogP contribution >= 0.6 is 0 Å². The van der Waals surface area contributed by atoms with Gasteiger partial charge in [-0.05, 0) is 25.2 Å². The van der Waals surface area contributed by atoms with Gasteiger partial charge in [0.25, 0.3) is 0 Å². The van der Waals surface area contributed by atoms with E-state index in [1.807, 2.05) is 6.07 Å². The Morgan fingerprint density at radius 3 is 2.78 bits per heavy atom. The number of hydrazine groups is 1. The lowest BCUT2D eigenvalue weighted by molar-refractivity contribution is 0.0998. The van der Waals surface area contributed by atoms with Gasteiger partial charge in [-0.15, -0.1) is 0 Å². The van der Waals surface area contributed by atoms with E-state index in [1.165, 1.54) is 6.42 Å². The molecule has 0 saturated carbocycles. The molecule has 0 amide bonds. The molecule has 3 atom stereocenters. The van der Waals surface area contributed by atoms with Crippen LogP contribution in [0.25, 0.3) is 0 Å². The van der Waals surface area contributed by atoms with Crippen LogP contribution in [0.4, 0.5) is 5.82 Å². The van der Waals surface area contributed by atoms with Gasteiger partial charge in [0.05, 0.1) is 12.2 Å². The summed E-state index contributed by atoms with van der Waals surface area (Å²) in [5.41, 5.74) is 3.68. The molecule has 2 saturated heterocycles. The van der Waals surface area contributed by atoms with Crippen LogP contribution in [0.5, 0.6) is 0 Å². The minimum Gasteiger partial charge on any atom is -0.374 e. The van der Waals surface area contributed by atoms with Gasteiger partial charge in [-0.3, -0.25) is 0 Å². The topological polar surface area (TPSA) is 73.1 Å². The molecular formula is C13H20N4O. The van der Waals surface area contributed by atoms with Gasteiger partial charge in [0.1, 0.15) is 11.6 Å². The SMILES string of the molecule is CC(C)c1cc(NN)nc(C2CC3CCC2O3)n1. The molecule has 5 nitrogen and oxygen atoms in total. The average molecular weight is 248 g/mol. The van der Waals surface area contributed by atoms with Crippen molar-refractivity contribution in [2.45, 2.75) is 57.2 Å². The van der Waals surface area contributed by atoms with Gasteiger partial charge in [-0.2, -0.15) is 0 Å². The number of anilines is 1. The number of ether oxygens (including phenoxy) is 1. The minimum atomic E-state index is 0.308. The van der Waals surface area contributed by atoms with Crippen molar-refractivity contribution in [3.63, 3.8) is 0 Å². The molecule has 3 N–H and O–H groups in total. The van der Waals surface area contributed by atoms with E-state index in [2.05, 4.69) is 24.3 Å². The molecule has 2 aliphatic rings. The molecule has 0 radical (unpaired) electrons. The zero-order valence-corrected chi connectivity index (χ0v) is 10.9. The van der Waals surface area contributed by atoms with Crippen LogP contribution in [0.15, 0.2) is 6.07 Å². The molecule has 2 fully saturated rings. The largest absolute Gasteiger partial charge is 0.374 e. The van der Waals surface area contributed by atoms with Crippen LogP contribution in [0.2, 0.25) is 0 Å². The molecular weight excluding hydrogens is 228 g/mol. The Bertz CT molecular complexity index is 449. The molecule has 3 unspecified atom stereocenters. The highest BCUT2D eigenvalue weighted by molar-refractivity contribution is 5.36. The van der Waals surface area contributed by atoms with Gasteiger partial charge < -0.3 is 10.2 Å². The fraction of sp³-hybridized carbons (Fsp3) is 0.692. The van der Waals surface area contributed by atoms with E-state index in [4.69, 9.17) is 15.6 Å². The third-order valence-electron chi connectivity index (χ3n) is 3.94. The summed E-state index contributed by atoms with van der Waals surface area (Å²) in [7, 11) is 0. The maximum atomic E-state index is 5.88. The average Bonchev–Trinajstić information content (AvgIpc) is 3.00. The Hall–Kier alpha value is -1.20. The molecule has 0 aliphatic carbocycles. The zero-order valence-electron chi connectivity index (χ0n) is 10.9. The fourth-order valence-corrected chi connectivity index (χ4v) is 2.93. The standard InChI is InChI=1S/C13H20N4O/c1-7(2)10-6-12(17-14)16-13(15-10)9-5-8-3-4-11(9)18-8/h6-9,11H,3-5,14H2,1-2H3,(H,15,16,17). The van der Waals surface area contributed by atoms with Gasteiger partial charge in [0, 0.05) is 17.7 Å². The van der Waals surface area contributed by atoms with Crippen molar-refractivity contribution in [2.24, 2.45) is 5.84 Å². The van der Waals surface area contributed by atoms with Gasteiger partial charge in [0.2, 0.25) is 0 Å². The molecule has 0 spiro atoms. The minimum absolute atomic E-state index is 0.308. The van der Waals surface area contributed by atoms with Gasteiger partial charge >= 0.3 is 0 Å². The highest BCUT2D eigenvalue weighted by Gasteiger charge is 2.43. The Morgan fingerprint density at radius 2 is 2.22 bits per heavy atom. The van der Waals surface area contributed by atoms with E-state index in [1.54, 1.807) is 0 Å². The molecule has 2 aliphatic heterocycles. The van der Waals surface area contributed by atoms with Crippen molar-refractivity contribution in [3.05, 3.63) is 17.6 Å². The van der Waals surface area contributed by atoms with Crippen molar-refractivity contribution in [3.8, 4) is 0 Å². The molecule has 98 valence electrons. The first-order valence-corrected chi connectivity index (χ1v) is 6.68. The van der Waals surface area contributed by atoms with E-state index in [0.29, 0.717) is 29.9 Å². The Morgan fingerprint density at radius 1 is 1.39 bits per heavy atom. The first-order valence-electron chi connectivity index (χ1n) is 6.68. The number of nitrogens with zero attached hydrogens (tertiary/aromatic N) is 2. The van der Waals surface area contributed by atoms with Crippen molar-refractivity contribution in [1.29, 1.82) is 0 Å². The van der Waals surface area contributed by atoms with E-state index in [0.717, 1.165) is 24.4 Å². The van der Waals surface area contributed by atoms with Crippen LogP contribution in [0.3, 0.4) is 0 Å². The number of rotatable bonds is 3. The van der Waals surface area contributed by atoms with Crippen molar-refractivity contribution in [1.82, 2.24) is 9.97 Å². The van der Waals surface area contributed by atoms with Crippen LogP contribution in [-0.4, -0.2) is 22.2 Å². The number of hydrogen-bond acceptors (Lipinski definition) is 5. The van der Waals surface area contributed by atoms with Gasteiger partial charge in [0.15, 0.2) is 0 Å². The molecule has 1 aromatic rings. The summed E-state index contributed by atoms with van der Waals surface area (Å²) in [5.74, 6) is 7.80. The lowest BCUT2D eigenvalue weighted by atomic mass is 9.88. The number of aromatic nitrogens is 2. The number of fused-ring (bicyclic) bond motifs is 2. The first kappa shape index (κ1) is 11.9. The Labute approximate surface area is 107 Å². The highest BCUT2D eigenvalue weighted by Crippen LogP contribution is 2.43. The van der Waals surface area contributed by atoms with E-state index >= 15 is 0 Å². The van der Waals surface area contributed by atoms with Crippen LogP contribution < -0.4 is 11.3 Å². The van der Waals surface area contributed by atoms with Crippen molar-refractivity contribution < 1.29 is 4.74 Å². The maximum absolute atomic E-state index is 5.88. The normalized spacial score (nSPS) is 30.1. The van der Waals surface area contributed by atoms with E-state index < -0.39 is 0 Å². The second-order valence-corrected chi connectivity index (χ2v) is 5.55. The first-order chi connectivity index (χ1) is 8.67. The molecule has 0 aromatic carbocycles. The Kier molecular flexibility index (Phi) is 2.95. The summed E-state index contributed by atoms with van der Waals surface area (Å²) < 4.78 is 5.88. The monoisotopic (exact) mass is 248 g/mol. The predicted molar refractivity (Wildman–Crippen MR) is 69.2 cm³/mol. The van der Waals surface area contributed by atoms with E-state index in [9.17, 15) is 0 Å². The summed E-state index contributed by atoms with van der Waals surface area (Å²) in [6, 6.07) is 1.92. The molecule has 18 heavy (non-hydrogen) atoms. The third-order valence-corrected chi connectivity index (χ3v) is 3.94. The van der Waals surface area contributed by atoms with Gasteiger partial charge in [-0.25, -0.2) is 15.8 Å². The molecule has 3 heterocycles. The second kappa shape index (κ2) is 4.48. The van der Waals surface area contributed by atoms with Crippen molar-refractivity contribution >= 4 is 5.82 Å². The summed E-state index contributed by atoms with van der Waals surface area (Å²) in [5, 5.41) is 0. The number of nitrogen functional groups attached to an aromatic ring is 1. The highest BCUT2D eigenvalue weighted by atomic mass is 16.5. The Balaban J connectivity index is 1.93. The maximum Gasteiger partial charge on any atom is 0.143 e. The van der Waals surface area contributed by atoms with Crippen LogP contribution in [0.1, 0.15) is 56.5 Å². The number of hydrogen-bond donors (Lipinski definition) is 2. The summed E-state index contributed by atoms with van der Waals surface area (Å²) in [6.45, 7) is 4.26. The molecule has 1 aromatic heterocycles. The fourth-order valence-electron chi connectivity index (χ4n) is 2.93. The lowest BCUT2D eigenvalue weighted by Gasteiger charge is -2.19. The quantitative estimate of drug-likeness (QED) is 0.631. The van der Waals surface area contributed by atoms with E-state index in [-0.39, 0.29) is 0 Å². The number of nitrogens with two attached hydrogens (primary N) is 1. The smallest absolute Gasteiger partial charge is 0.143 e. The molecule has 2 bridgehead atoms. The number of nitrogens with one attached hydrogen (secondary N) is 1. The lowest BCUT2D eigenvalue weighted by Crippen LogP contribution is -2.20. The summed E-state index contributed by atoms with van der Waals surface area (Å²) in [4.78, 5) is 9.20.